The van der Waals surface area contributed by atoms with Gasteiger partial charge in [-0.1, -0.05) is 25.5 Å². The van der Waals surface area contributed by atoms with Gasteiger partial charge in [-0.3, -0.25) is 4.79 Å². The van der Waals surface area contributed by atoms with Gasteiger partial charge < -0.3 is 0 Å². The van der Waals surface area contributed by atoms with Crippen molar-refractivity contribution in [2.75, 3.05) is 0 Å². The van der Waals surface area contributed by atoms with Crippen molar-refractivity contribution >= 4 is 27.1 Å². The minimum Gasteiger partial charge on any atom is -0.289 e. The van der Waals surface area contributed by atoms with Crippen LogP contribution >= 0.6 is 11.3 Å². The standard InChI is InChI=1S/C16H15NOS/c1-3-10-4-6-12-14(8-10)19-15-9-11(17-2)5-7-13(15)16(12)18/h5,7,9-10H,3-4,6,8H2,1H3. The Hall–Kier alpha value is -1.66. The van der Waals surface area contributed by atoms with Gasteiger partial charge in [0.2, 0.25) is 0 Å². The Morgan fingerprint density at radius 2 is 2.32 bits per heavy atom. The van der Waals surface area contributed by atoms with Crippen molar-refractivity contribution in [1.29, 1.82) is 0 Å². The van der Waals surface area contributed by atoms with E-state index in [-0.39, 0.29) is 5.43 Å². The molecule has 1 unspecified atom stereocenters. The monoisotopic (exact) mass is 269 g/mol. The molecule has 0 bridgehead atoms. The lowest BCUT2D eigenvalue weighted by Gasteiger charge is -2.22. The van der Waals surface area contributed by atoms with Crippen LogP contribution in [0.1, 0.15) is 30.2 Å². The van der Waals surface area contributed by atoms with Crippen LogP contribution in [-0.2, 0) is 12.8 Å². The van der Waals surface area contributed by atoms with Crippen molar-refractivity contribution in [2.45, 2.75) is 32.6 Å². The zero-order valence-corrected chi connectivity index (χ0v) is 11.7. The van der Waals surface area contributed by atoms with E-state index in [2.05, 4.69) is 11.8 Å². The van der Waals surface area contributed by atoms with E-state index in [1.807, 2.05) is 12.1 Å². The van der Waals surface area contributed by atoms with Gasteiger partial charge in [-0.25, -0.2) is 4.85 Å². The Kier molecular flexibility index (Phi) is 3.12. The quantitative estimate of drug-likeness (QED) is 0.706. The molecule has 2 nitrogen and oxygen atoms in total. The highest BCUT2D eigenvalue weighted by Crippen LogP contribution is 2.33. The number of rotatable bonds is 1. The maximum Gasteiger partial charge on any atom is 0.191 e. The van der Waals surface area contributed by atoms with Crippen molar-refractivity contribution in [3.63, 3.8) is 0 Å². The van der Waals surface area contributed by atoms with Gasteiger partial charge in [0.25, 0.3) is 0 Å². The molecule has 3 rings (SSSR count). The molecule has 0 saturated heterocycles. The first-order valence-corrected chi connectivity index (χ1v) is 7.50. The maximum atomic E-state index is 12.5. The SMILES string of the molecule is [C-]#[N+]c1ccc2c(=O)c3c(sc2c1)CC(CC)CC3. The first-order valence-electron chi connectivity index (χ1n) is 6.69. The summed E-state index contributed by atoms with van der Waals surface area (Å²) in [6, 6.07) is 5.41. The largest absolute Gasteiger partial charge is 0.289 e. The smallest absolute Gasteiger partial charge is 0.191 e. The maximum absolute atomic E-state index is 12.5. The summed E-state index contributed by atoms with van der Waals surface area (Å²) in [5, 5.41) is 0.783. The van der Waals surface area contributed by atoms with Crippen LogP contribution < -0.4 is 5.43 Å². The van der Waals surface area contributed by atoms with Crippen LogP contribution in [0.2, 0.25) is 0 Å². The molecular formula is C16H15NOS. The Morgan fingerprint density at radius 3 is 3.05 bits per heavy atom. The van der Waals surface area contributed by atoms with E-state index in [0.29, 0.717) is 11.6 Å². The lowest BCUT2D eigenvalue weighted by Crippen LogP contribution is -2.20. The summed E-state index contributed by atoms with van der Waals surface area (Å²) in [5.41, 5.74) is 1.83. The fourth-order valence-electron chi connectivity index (χ4n) is 2.82. The fraction of sp³-hybridized carbons (Fsp3) is 0.375. The van der Waals surface area contributed by atoms with E-state index in [1.165, 1.54) is 11.3 Å². The van der Waals surface area contributed by atoms with Crippen LogP contribution in [0, 0.1) is 12.5 Å². The highest BCUT2D eigenvalue weighted by molar-refractivity contribution is 7.18. The second-order valence-electron chi connectivity index (χ2n) is 5.14. The summed E-state index contributed by atoms with van der Waals surface area (Å²) in [7, 11) is 0. The van der Waals surface area contributed by atoms with Crippen LogP contribution in [0.15, 0.2) is 23.0 Å². The van der Waals surface area contributed by atoms with Crippen molar-refractivity contribution in [2.24, 2.45) is 5.92 Å². The van der Waals surface area contributed by atoms with Gasteiger partial charge >= 0.3 is 0 Å². The predicted octanol–water partition coefficient (Wildman–Crippen LogP) is 4.33. The van der Waals surface area contributed by atoms with Crippen LogP contribution in [0.3, 0.4) is 0 Å². The minimum absolute atomic E-state index is 0.190. The molecule has 0 aliphatic heterocycles. The summed E-state index contributed by atoms with van der Waals surface area (Å²) < 4.78 is 0.967. The third-order valence-corrected chi connectivity index (χ3v) is 5.25. The average Bonchev–Trinajstić information content (AvgIpc) is 2.46. The molecule has 0 radical (unpaired) electrons. The molecule has 0 N–H and O–H groups in total. The number of hydrogen-bond acceptors (Lipinski definition) is 2. The van der Waals surface area contributed by atoms with Crippen LogP contribution in [-0.4, -0.2) is 0 Å². The normalized spacial score (nSPS) is 18.0. The Bertz CT molecular complexity index is 739. The molecule has 19 heavy (non-hydrogen) atoms. The molecule has 0 saturated carbocycles. The molecule has 1 aromatic carbocycles. The molecule has 2 aromatic rings. The summed E-state index contributed by atoms with van der Waals surface area (Å²) >= 11 is 1.71. The van der Waals surface area contributed by atoms with E-state index in [4.69, 9.17) is 6.57 Å². The van der Waals surface area contributed by atoms with E-state index in [1.54, 1.807) is 17.4 Å². The molecule has 3 heteroatoms. The zero-order valence-electron chi connectivity index (χ0n) is 10.9. The summed E-state index contributed by atoms with van der Waals surface area (Å²) in [6.45, 7) is 9.29. The molecule has 96 valence electrons. The van der Waals surface area contributed by atoms with Gasteiger partial charge in [0.15, 0.2) is 11.1 Å². The number of fused-ring (bicyclic) bond motifs is 2. The molecular weight excluding hydrogens is 254 g/mol. The minimum atomic E-state index is 0.190. The second kappa shape index (κ2) is 4.79. The van der Waals surface area contributed by atoms with E-state index >= 15 is 0 Å². The number of benzene rings is 1. The Balaban J connectivity index is 2.23. The van der Waals surface area contributed by atoms with E-state index in [0.717, 1.165) is 34.9 Å². The van der Waals surface area contributed by atoms with Crippen molar-refractivity contribution < 1.29 is 0 Å². The predicted molar refractivity (Wildman–Crippen MR) is 80.2 cm³/mol. The first-order chi connectivity index (χ1) is 9.22. The van der Waals surface area contributed by atoms with Crippen molar-refractivity contribution in [3.05, 3.63) is 50.3 Å². The lowest BCUT2D eigenvalue weighted by atomic mass is 9.87. The third kappa shape index (κ3) is 2.06. The van der Waals surface area contributed by atoms with E-state index in [9.17, 15) is 4.79 Å². The topological polar surface area (TPSA) is 21.4 Å². The second-order valence-corrected chi connectivity index (χ2v) is 6.28. The molecule has 0 fully saturated rings. The molecule has 1 aliphatic carbocycles. The van der Waals surface area contributed by atoms with Gasteiger partial charge in [0.1, 0.15) is 0 Å². The molecule has 0 spiro atoms. The van der Waals surface area contributed by atoms with Gasteiger partial charge in [0.05, 0.1) is 6.57 Å². The van der Waals surface area contributed by atoms with Crippen molar-refractivity contribution in [3.8, 4) is 0 Å². The zero-order chi connectivity index (χ0) is 13.4. The van der Waals surface area contributed by atoms with Gasteiger partial charge in [-0.2, -0.15) is 0 Å². The van der Waals surface area contributed by atoms with Crippen LogP contribution in [0.4, 0.5) is 5.69 Å². The molecule has 1 heterocycles. The van der Waals surface area contributed by atoms with Gasteiger partial charge in [-0.05, 0) is 31.2 Å². The summed E-state index contributed by atoms with van der Waals surface area (Å²) in [4.78, 5) is 17.2. The number of hydrogen-bond donors (Lipinski definition) is 0. The molecule has 1 aromatic heterocycles. The van der Waals surface area contributed by atoms with Gasteiger partial charge in [0, 0.05) is 20.5 Å². The highest BCUT2D eigenvalue weighted by Gasteiger charge is 2.21. The summed E-state index contributed by atoms with van der Waals surface area (Å²) in [5.74, 6) is 0.713. The number of nitrogens with zero attached hydrogens (tertiary/aromatic N) is 1. The summed E-state index contributed by atoms with van der Waals surface area (Å²) in [6.07, 6.45) is 4.27. The first kappa shape index (κ1) is 12.4. The fourth-order valence-corrected chi connectivity index (χ4v) is 4.17. The Morgan fingerprint density at radius 1 is 1.47 bits per heavy atom. The molecule has 1 aliphatic rings. The molecule has 1 atom stereocenters. The lowest BCUT2D eigenvalue weighted by molar-refractivity contribution is 0.448. The van der Waals surface area contributed by atoms with Gasteiger partial charge in [-0.15, -0.1) is 11.3 Å². The Labute approximate surface area is 116 Å². The van der Waals surface area contributed by atoms with E-state index < -0.39 is 0 Å². The van der Waals surface area contributed by atoms with Crippen molar-refractivity contribution in [1.82, 2.24) is 0 Å². The van der Waals surface area contributed by atoms with Crippen LogP contribution in [0.25, 0.3) is 14.9 Å². The third-order valence-electron chi connectivity index (χ3n) is 4.04. The average molecular weight is 269 g/mol. The molecule has 0 amide bonds. The van der Waals surface area contributed by atoms with Crippen LogP contribution in [0.5, 0.6) is 0 Å². The highest BCUT2D eigenvalue weighted by atomic mass is 32.1.